The number of nitrogens with two attached hydrogens (primary N) is 1. The Bertz CT molecular complexity index is 951. The molecule has 24 heavy (non-hydrogen) atoms. The maximum absolute atomic E-state index is 13.0. The zero-order valence-electron chi connectivity index (χ0n) is 13.0. The minimum atomic E-state index is -0.229. The van der Waals surface area contributed by atoms with Gasteiger partial charge < -0.3 is 10.3 Å². The number of anilines is 1. The molecular formula is C19H14ClN3O. The van der Waals surface area contributed by atoms with Gasteiger partial charge in [-0.25, -0.2) is 0 Å². The summed E-state index contributed by atoms with van der Waals surface area (Å²) in [6.45, 7) is 1.77. The third-order valence-electron chi connectivity index (χ3n) is 3.89. The number of hydrogen-bond donors (Lipinski definition) is 1. The van der Waals surface area contributed by atoms with Crippen LogP contribution < -0.4 is 5.73 Å². The number of benzene rings is 2. The second-order valence-electron chi connectivity index (χ2n) is 5.34. The summed E-state index contributed by atoms with van der Waals surface area (Å²) in [6.07, 6.45) is 0. The van der Waals surface area contributed by atoms with Crippen LogP contribution in [-0.4, -0.2) is 10.4 Å². The molecule has 0 unspecified atom stereocenters. The number of aromatic nitrogens is 1. The van der Waals surface area contributed by atoms with Crippen LogP contribution in [0.2, 0.25) is 5.02 Å². The summed E-state index contributed by atoms with van der Waals surface area (Å²) in [7, 11) is 0. The molecule has 1 aromatic heterocycles. The van der Waals surface area contributed by atoms with Gasteiger partial charge >= 0.3 is 0 Å². The van der Waals surface area contributed by atoms with Crippen molar-refractivity contribution in [3.8, 4) is 11.8 Å². The van der Waals surface area contributed by atoms with Crippen LogP contribution in [0.25, 0.3) is 5.69 Å². The molecule has 0 bridgehead atoms. The number of nitrogens with zero attached hydrogens (tertiary/aromatic N) is 2. The van der Waals surface area contributed by atoms with Crippen molar-refractivity contribution in [2.45, 2.75) is 6.92 Å². The first-order chi connectivity index (χ1) is 11.5. The molecule has 0 fully saturated rings. The highest BCUT2D eigenvalue weighted by Gasteiger charge is 2.25. The molecule has 2 aromatic carbocycles. The van der Waals surface area contributed by atoms with Gasteiger partial charge in [0.25, 0.3) is 0 Å². The molecule has 0 saturated carbocycles. The summed E-state index contributed by atoms with van der Waals surface area (Å²) < 4.78 is 1.71. The second kappa shape index (κ2) is 6.23. The van der Waals surface area contributed by atoms with Gasteiger partial charge in [-0.2, -0.15) is 5.26 Å². The van der Waals surface area contributed by atoms with Crippen LogP contribution >= 0.6 is 11.6 Å². The van der Waals surface area contributed by atoms with E-state index in [4.69, 9.17) is 17.3 Å². The Labute approximate surface area is 144 Å². The van der Waals surface area contributed by atoms with E-state index in [-0.39, 0.29) is 17.2 Å². The van der Waals surface area contributed by atoms with Crippen molar-refractivity contribution in [3.63, 3.8) is 0 Å². The van der Waals surface area contributed by atoms with E-state index in [0.717, 1.165) is 5.69 Å². The standard InChI is InChI=1S/C19H14ClN3O/c1-12-16(11-21)17(22)18(19(24)13-5-3-2-4-6-13)23(12)15-9-7-14(20)8-10-15/h2-10H,22H2,1H3. The van der Waals surface area contributed by atoms with E-state index in [1.165, 1.54) is 0 Å². The Morgan fingerprint density at radius 2 is 1.75 bits per heavy atom. The van der Waals surface area contributed by atoms with Crippen molar-refractivity contribution in [1.29, 1.82) is 5.26 Å². The zero-order chi connectivity index (χ0) is 17.3. The van der Waals surface area contributed by atoms with Gasteiger partial charge in [-0.15, -0.1) is 0 Å². The van der Waals surface area contributed by atoms with Gasteiger partial charge in [0.15, 0.2) is 0 Å². The van der Waals surface area contributed by atoms with Gasteiger partial charge in [0.1, 0.15) is 11.8 Å². The Kier molecular flexibility index (Phi) is 4.11. The Hall–Kier alpha value is -3.03. The van der Waals surface area contributed by atoms with Crippen molar-refractivity contribution in [1.82, 2.24) is 4.57 Å². The second-order valence-corrected chi connectivity index (χ2v) is 5.78. The van der Waals surface area contributed by atoms with E-state index in [1.54, 1.807) is 60.0 Å². The highest BCUT2D eigenvalue weighted by atomic mass is 35.5. The Balaban J connectivity index is 2.27. The maximum Gasteiger partial charge on any atom is 0.211 e. The summed E-state index contributed by atoms with van der Waals surface area (Å²) in [5, 5.41) is 10.00. The van der Waals surface area contributed by atoms with E-state index in [0.29, 0.717) is 21.8 Å². The quantitative estimate of drug-likeness (QED) is 0.732. The SMILES string of the molecule is Cc1c(C#N)c(N)c(C(=O)c2ccccc2)n1-c1ccc(Cl)cc1. The average Bonchev–Trinajstić information content (AvgIpc) is 2.86. The molecule has 4 nitrogen and oxygen atoms in total. The van der Waals surface area contributed by atoms with Crippen LogP contribution in [0.15, 0.2) is 54.6 Å². The molecule has 0 spiro atoms. The first-order valence-corrected chi connectivity index (χ1v) is 7.69. The fraction of sp³-hybridized carbons (Fsp3) is 0.0526. The summed E-state index contributed by atoms with van der Waals surface area (Å²) in [5.74, 6) is -0.229. The zero-order valence-corrected chi connectivity index (χ0v) is 13.7. The van der Waals surface area contributed by atoms with Crippen molar-refractivity contribution in [2.75, 3.05) is 5.73 Å². The van der Waals surface area contributed by atoms with Crippen LogP contribution in [0.3, 0.4) is 0 Å². The van der Waals surface area contributed by atoms with Crippen LogP contribution in [0.4, 0.5) is 5.69 Å². The van der Waals surface area contributed by atoms with Gasteiger partial charge in [-0.3, -0.25) is 4.79 Å². The number of rotatable bonds is 3. The van der Waals surface area contributed by atoms with E-state index < -0.39 is 0 Å². The molecular weight excluding hydrogens is 322 g/mol. The predicted molar refractivity (Wildman–Crippen MR) is 94.5 cm³/mol. The third-order valence-corrected chi connectivity index (χ3v) is 4.14. The van der Waals surface area contributed by atoms with Gasteiger partial charge in [0.2, 0.25) is 5.78 Å². The normalized spacial score (nSPS) is 10.4. The lowest BCUT2D eigenvalue weighted by atomic mass is 10.1. The van der Waals surface area contributed by atoms with E-state index in [1.807, 2.05) is 6.07 Å². The molecule has 5 heteroatoms. The molecule has 1 heterocycles. The first-order valence-electron chi connectivity index (χ1n) is 7.31. The average molecular weight is 336 g/mol. The first kappa shape index (κ1) is 15.9. The molecule has 0 aliphatic rings. The topological polar surface area (TPSA) is 71.8 Å². The minimum absolute atomic E-state index is 0.193. The van der Waals surface area contributed by atoms with Crippen LogP contribution in [0.5, 0.6) is 0 Å². The Morgan fingerprint density at radius 1 is 1.12 bits per heavy atom. The molecule has 0 aliphatic carbocycles. The molecule has 0 aliphatic heterocycles. The molecule has 2 N–H and O–H groups in total. The van der Waals surface area contributed by atoms with E-state index in [2.05, 4.69) is 6.07 Å². The molecule has 0 amide bonds. The summed E-state index contributed by atoms with van der Waals surface area (Å²) in [4.78, 5) is 13.0. The Morgan fingerprint density at radius 3 is 2.33 bits per heavy atom. The van der Waals surface area contributed by atoms with Crippen molar-refractivity contribution in [3.05, 3.63) is 82.1 Å². The van der Waals surface area contributed by atoms with Gasteiger partial charge in [0, 0.05) is 22.0 Å². The van der Waals surface area contributed by atoms with Crippen LogP contribution in [0, 0.1) is 18.3 Å². The number of halogens is 1. The number of hydrogen-bond acceptors (Lipinski definition) is 3. The fourth-order valence-electron chi connectivity index (χ4n) is 2.72. The minimum Gasteiger partial charge on any atom is -0.396 e. The largest absolute Gasteiger partial charge is 0.396 e. The number of nitriles is 1. The summed E-state index contributed by atoms with van der Waals surface area (Å²) >= 11 is 5.95. The monoisotopic (exact) mass is 335 g/mol. The van der Waals surface area contributed by atoms with Crippen LogP contribution in [-0.2, 0) is 0 Å². The molecule has 3 rings (SSSR count). The molecule has 0 saturated heterocycles. The molecule has 0 radical (unpaired) electrons. The molecule has 118 valence electrons. The highest BCUT2D eigenvalue weighted by molar-refractivity contribution is 6.30. The van der Waals surface area contributed by atoms with Gasteiger partial charge in [0.05, 0.1) is 11.3 Å². The molecule has 3 aromatic rings. The van der Waals surface area contributed by atoms with E-state index in [9.17, 15) is 10.1 Å². The van der Waals surface area contributed by atoms with Gasteiger partial charge in [-0.1, -0.05) is 41.9 Å². The lowest BCUT2D eigenvalue weighted by Gasteiger charge is -2.11. The maximum atomic E-state index is 13.0. The molecule has 0 atom stereocenters. The van der Waals surface area contributed by atoms with E-state index >= 15 is 0 Å². The number of carbonyl (C=O) groups excluding carboxylic acids is 1. The van der Waals surface area contributed by atoms with Crippen molar-refractivity contribution >= 4 is 23.1 Å². The summed E-state index contributed by atoms with van der Waals surface area (Å²) in [6, 6.07) is 18.0. The lowest BCUT2D eigenvalue weighted by molar-refractivity contribution is 0.103. The van der Waals surface area contributed by atoms with Crippen molar-refractivity contribution in [2.24, 2.45) is 0 Å². The van der Waals surface area contributed by atoms with Crippen LogP contribution in [0.1, 0.15) is 27.3 Å². The van der Waals surface area contributed by atoms with Gasteiger partial charge in [-0.05, 0) is 31.2 Å². The summed E-state index contributed by atoms with van der Waals surface area (Å²) in [5.41, 5.74) is 8.79. The number of nitrogen functional groups attached to an aromatic ring is 1. The predicted octanol–water partition coefficient (Wildman–Crippen LogP) is 4.12. The number of ketones is 1. The number of carbonyl (C=O) groups is 1. The third kappa shape index (κ3) is 2.55. The smallest absolute Gasteiger partial charge is 0.211 e. The fourth-order valence-corrected chi connectivity index (χ4v) is 2.84. The highest BCUT2D eigenvalue weighted by Crippen LogP contribution is 2.30. The van der Waals surface area contributed by atoms with Crippen molar-refractivity contribution < 1.29 is 4.79 Å². The lowest BCUT2D eigenvalue weighted by Crippen LogP contribution is -2.11.